The third-order valence-electron chi connectivity index (χ3n) is 2.63. The molecule has 5 heteroatoms. The third kappa shape index (κ3) is 3.91. The highest BCUT2D eigenvalue weighted by Gasteiger charge is 2.06. The minimum atomic E-state index is -0.163. The summed E-state index contributed by atoms with van der Waals surface area (Å²) in [5.74, 6) is -0.163. The lowest BCUT2D eigenvalue weighted by Gasteiger charge is -2.07. The van der Waals surface area contributed by atoms with Gasteiger partial charge in [0.1, 0.15) is 0 Å². The van der Waals surface area contributed by atoms with E-state index in [4.69, 9.17) is 0 Å². The number of anilines is 1. The van der Waals surface area contributed by atoms with Gasteiger partial charge >= 0.3 is 0 Å². The van der Waals surface area contributed by atoms with Gasteiger partial charge in [-0.15, -0.1) is 6.58 Å². The summed E-state index contributed by atoms with van der Waals surface area (Å²) in [4.78, 5) is 20.1. The van der Waals surface area contributed by atoms with Crippen molar-refractivity contribution in [3.63, 3.8) is 0 Å². The van der Waals surface area contributed by atoms with Gasteiger partial charge in [-0.3, -0.25) is 14.8 Å². The predicted octanol–water partition coefficient (Wildman–Crippen LogP) is 2.00. The van der Waals surface area contributed by atoms with Crippen LogP contribution in [-0.2, 0) is 6.54 Å². The monoisotopic (exact) mass is 268 g/mol. The SMILES string of the molecule is C=CCNc1cncc(C(=O)NCc2cccnc2)c1. The Balaban J connectivity index is 1.96. The van der Waals surface area contributed by atoms with Crippen LogP contribution < -0.4 is 10.6 Å². The minimum absolute atomic E-state index is 0.163. The first-order valence-electron chi connectivity index (χ1n) is 6.26. The van der Waals surface area contributed by atoms with Crippen molar-refractivity contribution in [3.8, 4) is 0 Å². The molecule has 0 spiro atoms. The van der Waals surface area contributed by atoms with E-state index in [0.29, 0.717) is 18.7 Å². The topological polar surface area (TPSA) is 66.9 Å². The number of amides is 1. The maximum absolute atomic E-state index is 12.0. The molecule has 0 bridgehead atoms. The molecular weight excluding hydrogens is 252 g/mol. The van der Waals surface area contributed by atoms with Crippen LogP contribution in [-0.4, -0.2) is 22.4 Å². The van der Waals surface area contributed by atoms with Gasteiger partial charge in [-0.05, 0) is 17.7 Å². The fourth-order valence-electron chi connectivity index (χ4n) is 1.64. The van der Waals surface area contributed by atoms with Gasteiger partial charge in [-0.2, -0.15) is 0 Å². The minimum Gasteiger partial charge on any atom is -0.380 e. The number of pyridine rings is 2. The second-order valence-corrected chi connectivity index (χ2v) is 4.18. The first-order chi connectivity index (χ1) is 9.79. The molecule has 102 valence electrons. The van der Waals surface area contributed by atoms with Crippen LogP contribution >= 0.6 is 0 Å². The summed E-state index contributed by atoms with van der Waals surface area (Å²) in [6, 6.07) is 5.51. The number of nitrogens with zero attached hydrogens (tertiary/aromatic N) is 2. The van der Waals surface area contributed by atoms with Crippen molar-refractivity contribution >= 4 is 11.6 Å². The molecule has 0 saturated carbocycles. The lowest BCUT2D eigenvalue weighted by molar-refractivity contribution is 0.0950. The summed E-state index contributed by atoms with van der Waals surface area (Å²) < 4.78 is 0. The van der Waals surface area contributed by atoms with E-state index >= 15 is 0 Å². The highest BCUT2D eigenvalue weighted by atomic mass is 16.1. The molecule has 2 aromatic heterocycles. The number of carbonyl (C=O) groups excluding carboxylic acids is 1. The molecule has 0 fully saturated rings. The molecule has 0 radical (unpaired) electrons. The van der Waals surface area contributed by atoms with E-state index in [1.165, 1.54) is 6.20 Å². The highest BCUT2D eigenvalue weighted by molar-refractivity contribution is 5.94. The van der Waals surface area contributed by atoms with Gasteiger partial charge in [0, 0.05) is 37.9 Å². The fraction of sp³-hybridized carbons (Fsp3) is 0.133. The van der Waals surface area contributed by atoms with Gasteiger partial charge in [0.05, 0.1) is 11.3 Å². The Morgan fingerprint density at radius 2 is 2.20 bits per heavy atom. The zero-order valence-corrected chi connectivity index (χ0v) is 11.0. The van der Waals surface area contributed by atoms with Crippen LogP contribution in [0.15, 0.2) is 55.6 Å². The third-order valence-corrected chi connectivity index (χ3v) is 2.63. The molecule has 5 nitrogen and oxygen atoms in total. The first-order valence-corrected chi connectivity index (χ1v) is 6.26. The number of hydrogen-bond acceptors (Lipinski definition) is 4. The van der Waals surface area contributed by atoms with E-state index in [1.807, 2.05) is 12.1 Å². The van der Waals surface area contributed by atoms with Gasteiger partial charge in [0.2, 0.25) is 0 Å². The molecule has 2 heterocycles. The Hall–Kier alpha value is -2.69. The maximum Gasteiger partial charge on any atom is 0.253 e. The standard InChI is InChI=1S/C15H16N4O/c1-2-5-18-14-7-13(10-17-11-14)15(20)19-9-12-4-3-6-16-8-12/h2-4,6-8,10-11,18H,1,5,9H2,(H,19,20). The van der Waals surface area contributed by atoms with Crippen LogP contribution in [0.5, 0.6) is 0 Å². The van der Waals surface area contributed by atoms with E-state index in [1.54, 1.807) is 30.7 Å². The normalized spacial score (nSPS) is 9.80. The van der Waals surface area contributed by atoms with Gasteiger partial charge in [0.15, 0.2) is 0 Å². The quantitative estimate of drug-likeness (QED) is 0.786. The number of hydrogen-bond donors (Lipinski definition) is 2. The number of nitrogens with one attached hydrogen (secondary N) is 2. The van der Waals surface area contributed by atoms with Crippen molar-refractivity contribution in [2.75, 3.05) is 11.9 Å². The fourth-order valence-corrected chi connectivity index (χ4v) is 1.64. The maximum atomic E-state index is 12.0. The van der Waals surface area contributed by atoms with Crippen molar-refractivity contribution in [1.82, 2.24) is 15.3 Å². The molecule has 0 saturated heterocycles. The van der Waals surface area contributed by atoms with Crippen LogP contribution in [0, 0.1) is 0 Å². The van der Waals surface area contributed by atoms with Gasteiger partial charge in [-0.1, -0.05) is 12.1 Å². The Morgan fingerprint density at radius 3 is 2.95 bits per heavy atom. The smallest absolute Gasteiger partial charge is 0.253 e. The molecule has 2 N–H and O–H groups in total. The molecule has 0 aliphatic carbocycles. The Labute approximate surface area is 117 Å². The van der Waals surface area contributed by atoms with E-state index < -0.39 is 0 Å². The summed E-state index contributed by atoms with van der Waals surface area (Å²) in [6.45, 7) is 4.70. The van der Waals surface area contributed by atoms with Crippen molar-refractivity contribution in [3.05, 3.63) is 66.8 Å². The van der Waals surface area contributed by atoms with Gasteiger partial charge in [-0.25, -0.2) is 0 Å². The molecule has 20 heavy (non-hydrogen) atoms. The molecule has 0 aliphatic heterocycles. The molecule has 0 aliphatic rings. The van der Waals surface area contributed by atoms with Crippen LogP contribution in [0.25, 0.3) is 0 Å². The van der Waals surface area contributed by atoms with Crippen molar-refractivity contribution in [2.24, 2.45) is 0 Å². The van der Waals surface area contributed by atoms with E-state index in [9.17, 15) is 4.79 Å². The molecule has 2 aromatic rings. The average Bonchev–Trinajstić information content (AvgIpc) is 2.52. The van der Waals surface area contributed by atoms with Crippen LogP contribution in [0.1, 0.15) is 15.9 Å². The second kappa shape index (κ2) is 7.04. The molecule has 1 amide bonds. The molecular formula is C15H16N4O. The van der Waals surface area contributed by atoms with Crippen molar-refractivity contribution in [2.45, 2.75) is 6.54 Å². The Kier molecular flexibility index (Phi) is 4.83. The summed E-state index contributed by atoms with van der Waals surface area (Å²) in [5.41, 5.74) is 2.26. The highest BCUT2D eigenvalue weighted by Crippen LogP contribution is 2.08. The summed E-state index contributed by atoms with van der Waals surface area (Å²) in [7, 11) is 0. The van der Waals surface area contributed by atoms with Crippen molar-refractivity contribution in [1.29, 1.82) is 0 Å². The predicted molar refractivity (Wildman–Crippen MR) is 78.3 cm³/mol. The summed E-state index contributed by atoms with van der Waals surface area (Å²) >= 11 is 0. The zero-order chi connectivity index (χ0) is 14.2. The van der Waals surface area contributed by atoms with E-state index in [2.05, 4.69) is 27.2 Å². The van der Waals surface area contributed by atoms with Crippen molar-refractivity contribution < 1.29 is 4.79 Å². The molecule has 0 atom stereocenters. The second-order valence-electron chi connectivity index (χ2n) is 4.18. The number of carbonyl (C=O) groups is 1. The largest absolute Gasteiger partial charge is 0.380 e. The number of aromatic nitrogens is 2. The van der Waals surface area contributed by atoms with Gasteiger partial charge < -0.3 is 10.6 Å². The van der Waals surface area contributed by atoms with Crippen LogP contribution in [0.2, 0.25) is 0 Å². The first kappa shape index (κ1) is 13.7. The summed E-state index contributed by atoms with van der Waals surface area (Å²) in [5, 5.41) is 5.92. The molecule has 0 unspecified atom stereocenters. The number of rotatable bonds is 6. The van der Waals surface area contributed by atoms with E-state index in [-0.39, 0.29) is 5.91 Å². The Bertz CT molecular complexity index is 583. The zero-order valence-electron chi connectivity index (χ0n) is 11.0. The average molecular weight is 268 g/mol. The van der Waals surface area contributed by atoms with E-state index in [0.717, 1.165) is 11.3 Å². The van der Waals surface area contributed by atoms with Crippen LogP contribution in [0.3, 0.4) is 0 Å². The Morgan fingerprint density at radius 1 is 1.30 bits per heavy atom. The summed E-state index contributed by atoms with van der Waals surface area (Å²) in [6.07, 6.45) is 8.37. The molecule has 0 aromatic carbocycles. The lowest BCUT2D eigenvalue weighted by atomic mass is 10.2. The van der Waals surface area contributed by atoms with Gasteiger partial charge in [0.25, 0.3) is 5.91 Å². The van der Waals surface area contributed by atoms with Crippen LogP contribution in [0.4, 0.5) is 5.69 Å². The lowest BCUT2D eigenvalue weighted by Crippen LogP contribution is -2.23. The molecule has 2 rings (SSSR count).